The molecule has 0 aromatic heterocycles. The summed E-state index contributed by atoms with van der Waals surface area (Å²) in [5.41, 5.74) is 4.00. The van der Waals surface area contributed by atoms with Crippen LogP contribution in [0.1, 0.15) is 105 Å². The fraction of sp³-hybridized carbons (Fsp3) is 0.808. The van der Waals surface area contributed by atoms with Gasteiger partial charge >= 0.3 is 0 Å². The van der Waals surface area contributed by atoms with E-state index in [0.29, 0.717) is 19.3 Å². The van der Waals surface area contributed by atoms with Crippen molar-refractivity contribution >= 4 is 41.9 Å². The topological polar surface area (TPSA) is 135 Å². The molecule has 0 aliphatic carbocycles. The molecule has 9 heteroatoms. The van der Waals surface area contributed by atoms with Crippen LogP contribution in [-0.2, 0) is 24.0 Å². The van der Waals surface area contributed by atoms with Crippen LogP contribution in [0, 0.1) is 11.8 Å². The zero-order valence-electron chi connectivity index (χ0n) is 22.3. The zero-order valence-corrected chi connectivity index (χ0v) is 23.2. The number of amides is 3. The first kappa shape index (κ1) is 33.1. The van der Waals surface area contributed by atoms with Gasteiger partial charge in [-0.2, -0.15) is 12.6 Å². The summed E-state index contributed by atoms with van der Waals surface area (Å²) in [5.74, 6) is -1.91. The fourth-order valence-electron chi connectivity index (χ4n) is 4.20. The molecular weight excluding hydrogens is 466 g/mol. The molecule has 3 amide bonds. The average Bonchev–Trinajstić information content (AvgIpc) is 2.75. The summed E-state index contributed by atoms with van der Waals surface area (Å²) in [4.78, 5) is 62.3. The number of nitrogens with two attached hydrogens (primary N) is 1. The molecule has 0 aliphatic rings. The highest BCUT2D eigenvalue weighted by molar-refractivity contribution is 7.81. The number of hydrogen-bond donors (Lipinski definition) is 4. The van der Waals surface area contributed by atoms with Gasteiger partial charge in [0.15, 0.2) is 5.78 Å². The Bertz CT molecular complexity index is 711. The number of nitrogens with one attached hydrogen (secondary N) is 2. The number of unbranched alkanes of at least 4 members (excludes halogenated alkanes) is 4. The highest BCUT2D eigenvalue weighted by atomic mass is 32.1. The van der Waals surface area contributed by atoms with E-state index in [1.54, 1.807) is 0 Å². The van der Waals surface area contributed by atoms with E-state index in [1.807, 2.05) is 27.7 Å². The van der Waals surface area contributed by atoms with Gasteiger partial charge in [-0.05, 0) is 31.1 Å². The minimum Gasteiger partial charge on any atom is -0.369 e. The maximum absolute atomic E-state index is 13.8. The monoisotopic (exact) mass is 513 g/mol. The van der Waals surface area contributed by atoms with Crippen LogP contribution in [0.3, 0.4) is 0 Å². The fourth-order valence-corrected chi connectivity index (χ4v) is 4.36. The number of Topliss-reactive ketones (excluding diaryl/α,β-unsaturated/α-hetero) is 2. The van der Waals surface area contributed by atoms with Gasteiger partial charge in [0.2, 0.25) is 17.7 Å². The Morgan fingerprint density at radius 1 is 0.914 bits per heavy atom. The van der Waals surface area contributed by atoms with Crippen LogP contribution in [0.5, 0.6) is 0 Å². The number of hydrogen-bond acceptors (Lipinski definition) is 6. The summed E-state index contributed by atoms with van der Waals surface area (Å²) in [7, 11) is 0. The number of thiol groups is 1. The molecule has 0 aromatic carbocycles. The number of primary amides is 1. The molecule has 4 N–H and O–H groups in total. The van der Waals surface area contributed by atoms with Crippen molar-refractivity contribution in [1.29, 1.82) is 0 Å². The van der Waals surface area contributed by atoms with Crippen molar-refractivity contribution in [2.45, 2.75) is 117 Å². The van der Waals surface area contributed by atoms with Gasteiger partial charge in [0, 0.05) is 18.6 Å². The largest absolute Gasteiger partial charge is 0.369 e. The Balaban J connectivity index is 5.93. The summed E-state index contributed by atoms with van der Waals surface area (Å²) in [5, 5.41) is 5.78. The SMILES string of the molecule is CCCCCCC[C@@](CC(C)C)(NC(=O)CCC(=O)CS)C(=O)N[C@@H](CC(C)C)C(=O)CC(N)=O. The Morgan fingerprint density at radius 2 is 1.54 bits per heavy atom. The molecule has 2 atom stereocenters. The third-order valence-electron chi connectivity index (χ3n) is 5.83. The summed E-state index contributed by atoms with van der Waals surface area (Å²) < 4.78 is 0. The van der Waals surface area contributed by atoms with Crippen LogP contribution in [0.15, 0.2) is 0 Å². The molecule has 35 heavy (non-hydrogen) atoms. The minimum atomic E-state index is -1.22. The molecule has 8 nitrogen and oxygen atoms in total. The van der Waals surface area contributed by atoms with Crippen LogP contribution in [0.25, 0.3) is 0 Å². The summed E-state index contributed by atoms with van der Waals surface area (Å²) in [6.45, 7) is 9.91. The second kappa shape index (κ2) is 17.5. The Labute approximate surface area is 216 Å². The molecule has 0 rings (SSSR count). The highest BCUT2D eigenvalue weighted by Gasteiger charge is 2.41. The third-order valence-corrected chi connectivity index (χ3v) is 6.19. The first-order chi connectivity index (χ1) is 16.4. The minimum absolute atomic E-state index is 0.0294. The van der Waals surface area contributed by atoms with Crippen molar-refractivity contribution in [1.82, 2.24) is 10.6 Å². The smallest absolute Gasteiger partial charge is 0.246 e. The quantitative estimate of drug-likeness (QED) is 0.112. The van der Waals surface area contributed by atoms with E-state index in [9.17, 15) is 24.0 Å². The van der Waals surface area contributed by atoms with E-state index in [4.69, 9.17) is 5.73 Å². The molecule has 0 saturated heterocycles. The summed E-state index contributed by atoms with van der Waals surface area (Å²) >= 11 is 3.95. The first-order valence-electron chi connectivity index (χ1n) is 12.9. The lowest BCUT2D eigenvalue weighted by atomic mass is 9.82. The van der Waals surface area contributed by atoms with Gasteiger partial charge in [-0.25, -0.2) is 0 Å². The van der Waals surface area contributed by atoms with E-state index in [-0.39, 0.29) is 42.1 Å². The molecule has 0 aromatic rings. The Morgan fingerprint density at radius 3 is 2.06 bits per heavy atom. The van der Waals surface area contributed by atoms with Crippen molar-refractivity contribution in [3.63, 3.8) is 0 Å². The van der Waals surface area contributed by atoms with Crippen LogP contribution in [0.2, 0.25) is 0 Å². The average molecular weight is 514 g/mol. The van der Waals surface area contributed by atoms with Gasteiger partial charge in [-0.1, -0.05) is 66.7 Å². The van der Waals surface area contributed by atoms with E-state index >= 15 is 0 Å². The molecule has 0 spiro atoms. The molecule has 0 fully saturated rings. The van der Waals surface area contributed by atoms with E-state index in [1.165, 1.54) is 0 Å². The lowest BCUT2D eigenvalue weighted by Crippen LogP contribution is -2.62. The lowest BCUT2D eigenvalue weighted by Gasteiger charge is -2.36. The molecule has 0 unspecified atom stereocenters. The van der Waals surface area contributed by atoms with Crippen LogP contribution < -0.4 is 16.4 Å². The standard InChI is InChI=1S/C26H47N3O5S/c1-6-7-8-9-10-13-26(16-19(4)5,29-24(33)12-11-20(30)17-35)25(34)28-21(14-18(2)3)22(31)15-23(27)32/h18-19,21,35H,6-17H2,1-5H3,(H2,27,32)(H,28,34)(H,29,33)/t21-,26-/m0/s1. The van der Waals surface area contributed by atoms with Gasteiger partial charge in [-0.3, -0.25) is 24.0 Å². The molecule has 0 saturated carbocycles. The first-order valence-corrected chi connectivity index (χ1v) is 13.6. The second-order valence-electron chi connectivity index (χ2n) is 10.4. The van der Waals surface area contributed by atoms with Crippen LogP contribution >= 0.6 is 12.6 Å². The summed E-state index contributed by atoms with van der Waals surface area (Å²) in [6, 6.07) is -0.871. The van der Waals surface area contributed by atoms with Crippen LogP contribution in [-0.4, -0.2) is 46.6 Å². The van der Waals surface area contributed by atoms with E-state index in [2.05, 4.69) is 30.2 Å². The number of carbonyl (C=O) groups excluding carboxylic acids is 5. The maximum Gasteiger partial charge on any atom is 0.246 e. The molecule has 0 aliphatic heterocycles. The van der Waals surface area contributed by atoms with E-state index < -0.39 is 35.6 Å². The molecule has 0 bridgehead atoms. The number of carbonyl (C=O) groups is 5. The molecular formula is C26H47N3O5S. The van der Waals surface area contributed by atoms with Crippen LogP contribution in [0.4, 0.5) is 0 Å². The van der Waals surface area contributed by atoms with Crippen molar-refractivity contribution in [3.05, 3.63) is 0 Å². The van der Waals surface area contributed by atoms with E-state index in [0.717, 1.165) is 32.1 Å². The number of rotatable bonds is 20. The lowest BCUT2D eigenvalue weighted by molar-refractivity contribution is -0.138. The van der Waals surface area contributed by atoms with Crippen molar-refractivity contribution in [3.8, 4) is 0 Å². The zero-order chi connectivity index (χ0) is 27.0. The normalized spacial score (nSPS) is 13.8. The molecule has 0 heterocycles. The number of ketones is 2. The van der Waals surface area contributed by atoms with Gasteiger partial charge in [-0.15, -0.1) is 0 Å². The van der Waals surface area contributed by atoms with Gasteiger partial charge < -0.3 is 16.4 Å². The second-order valence-corrected chi connectivity index (χ2v) is 10.7. The third kappa shape index (κ3) is 14.3. The van der Waals surface area contributed by atoms with Crippen molar-refractivity contribution < 1.29 is 24.0 Å². The Hall–Kier alpha value is -1.90. The van der Waals surface area contributed by atoms with Crippen molar-refractivity contribution in [2.24, 2.45) is 17.6 Å². The Kier molecular flexibility index (Phi) is 16.6. The molecule has 0 radical (unpaired) electrons. The maximum atomic E-state index is 13.8. The predicted molar refractivity (Wildman–Crippen MR) is 142 cm³/mol. The van der Waals surface area contributed by atoms with Gasteiger partial charge in [0.1, 0.15) is 11.3 Å². The van der Waals surface area contributed by atoms with Crippen molar-refractivity contribution in [2.75, 3.05) is 5.75 Å². The summed E-state index contributed by atoms with van der Waals surface area (Å²) in [6.07, 6.45) is 5.62. The van der Waals surface area contributed by atoms with Gasteiger partial charge in [0.25, 0.3) is 0 Å². The highest BCUT2D eigenvalue weighted by Crippen LogP contribution is 2.26. The molecule has 202 valence electrons. The van der Waals surface area contributed by atoms with Gasteiger partial charge in [0.05, 0.1) is 12.5 Å². The predicted octanol–water partition coefficient (Wildman–Crippen LogP) is 3.50.